The fourth-order valence-electron chi connectivity index (χ4n) is 2.41. The Bertz CT molecular complexity index is 505. The van der Waals surface area contributed by atoms with Crippen LogP contribution in [0.15, 0.2) is 18.2 Å². The van der Waals surface area contributed by atoms with E-state index < -0.39 is 6.04 Å². The smallest absolute Gasteiger partial charge is 0.244 e. The van der Waals surface area contributed by atoms with Crippen LogP contribution < -0.4 is 15.4 Å². The van der Waals surface area contributed by atoms with Crippen LogP contribution in [0.25, 0.3) is 0 Å². The van der Waals surface area contributed by atoms with Gasteiger partial charge >= 0.3 is 0 Å². The van der Waals surface area contributed by atoms with Crippen LogP contribution in [0.4, 0.5) is 5.69 Å². The average molecular weight is 258 g/mol. The molecule has 1 aliphatic heterocycles. The fraction of sp³-hybridized carbons (Fsp3) is 0.400. The summed E-state index contributed by atoms with van der Waals surface area (Å²) in [6.45, 7) is 0.657. The van der Waals surface area contributed by atoms with Gasteiger partial charge in [0.05, 0.1) is 18.8 Å². The van der Waals surface area contributed by atoms with E-state index in [4.69, 9.17) is 16.9 Å². The summed E-state index contributed by atoms with van der Waals surface area (Å²) in [5, 5.41) is 0. The number of nitrogens with zero attached hydrogens (tertiary/aromatic N) is 1. The summed E-state index contributed by atoms with van der Waals surface area (Å²) in [5.74, 6) is 3.01. The highest BCUT2D eigenvalue weighted by molar-refractivity contribution is 5.99. The number of para-hydroxylation sites is 1. The van der Waals surface area contributed by atoms with E-state index in [0.717, 1.165) is 24.1 Å². The molecule has 19 heavy (non-hydrogen) atoms. The Morgan fingerprint density at radius 2 is 2.42 bits per heavy atom. The topological polar surface area (TPSA) is 55.6 Å². The Hall–Kier alpha value is -1.99. The summed E-state index contributed by atoms with van der Waals surface area (Å²) in [4.78, 5) is 14.1. The zero-order chi connectivity index (χ0) is 13.8. The molecular weight excluding hydrogens is 240 g/mol. The zero-order valence-corrected chi connectivity index (χ0v) is 11.1. The molecule has 1 aromatic carbocycles. The summed E-state index contributed by atoms with van der Waals surface area (Å²) in [5.41, 5.74) is 7.79. The molecular formula is C15H18N2O2. The summed E-state index contributed by atoms with van der Waals surface area (Å²) >= 11 is 0. The SMILES string of the molecule is C#CCC(N)C(=O)N1CCCc2cccc(OC)c21. The second-order valence-corrected chi connectivity index (χ2v) is 4.58. The highest BCUT2D eigenvalue weighted by Crippen LogP contribution is 2.36. The summed E-state index contributed by atoms with van der Waals surface area (Å²) < 4.78 is 5.36. The lowest BCUT2D eigenvalue weighted by atomic mass is 10.00. The largest absolute Gasteiger partial charge is 0.495 e. The number of terminal acetylenes is 1. The molecule has 1 atom stereocenters. The minimum absolute atomic E-state index is 0.136. The van der Waals surface area contributed by atoms with Crippen molar-refractivity contribution in [1.29, 1.82) is 0 Å². The van der Waals surface area contributed by atoms with Crippen LogP contribution in [-0.2, 0) is 11.2 Å². The van der Waals surface area contributed by atoms with Crippen molar-refractivity contribution in [2.45, 2.75) is 25.3 Å². The van der Waals surface area contributed by atoms with Crippen LogP contribution in [0.3, 0.4) is 0 Å². The number of nitrogens with two attached hydrogens (primary N) is 1. The van der Waals surface area contributed by atoms with Gasteiger partial charge in [0.2, 0.25) is 5.91 Å². The molecule has 4 heteroatoms. The van der Waals surface area contributed by atoms with Gasteiger partial charge in [0.15, 0.2) is 0 Å². The van der Waals surface area contributed by atoms with E-state index in [1.54, 1.807) is 12.0 Å². The second kappa shape index (κ2) is 5.77. The third kappa shape index (κ3) is 2.56. The standard InChI is InChI=1S/C15H18N2O2/c1-3-6-12(16)15(18)17-10-5-8-11-7-4-9-13(19-2)14(11)17/h1,4,7,9,12H,5-6,8,10,16H2,2H3. The lowest BCUT2D eigenvalue weighted by Gasteiger charge is -2.32. The molecule has 0 radical (unpaired) electrons. The molecule has 0 aromatic heterocycles. The monoisotopic (exact) mass is 258 g/mol. The van der Waals surface area contributed by atoms with Crippen molar-refractivity contribution in [3.05, 3.63) is 23.8 Å². The lowest BCUT2D eigenvalue weighted by molar-refractivity contribution is -0.119. The number of ether oxygens (including phenoxy) is 1. The lowest BCUT2D eigenvalue weighted by Crippen LogP contribution is -2.46. The average Bonchev–Trinajstić information content (AvgIpc) is 2.45. The Morgan fingerprint density at radius 3 is 3.11 bits per heavy atom. The van der Waals surface area contributed by atoms with Crippen LogP contribution >= 0.6 is 0 Å². The Balaban J connectivity index is 2.36. The van der Waals surface area contributed by atoms with Crippen LogP contribution in [0.1, 0.15) is 18.4 Å². The molecule has 0 fully saturated rings. The van der Waals surface area contributed by atoms with Crippen LogP contribution in [-0.4, -0.2) is 25.6 Å². The Labute approximate surface area is 113 Å². The van der Waals surface area contributed by atoms with Crippen molar-refractivity contribution in [1.82, 2.24) is 0 Å². The third-order valence-electron chi connectivity index (χ3n) is 3.32. The molecule has 1 aromatic rings. The van der Waals surface area contributed by atoms with Crippen molar-refractivity contribution in [2.75, 3.05) is 18.6 Å². The van der Waals surface area contributed by atoms with Gasteiger partial charge in [-0.3, -0.25) is 4.79 Å². The van der Waals surface area contributed by atoms with E-state index >= 15 is 0 Å². The van der Waals surface area contributed by atoms with E-state index in [0.29, 0.717) is 12.3 Å². The van der Waals surface area contributed by atoms with Gasteiger partial charge in [-0.05, 0) is 24.5 Å². The minimum atomic E-state index is -0.652. The van der Waals surface area contributed by atoms with Crippen molar-refractivity contribution in [3.63, 3.8) is 0 Å². The van der Waals surface area contributed by atoms with E-state index in [2.05, 4.69) is 5.92 Å². The minimum Gasteiger partial charge on any atom is -0.495 e. The first-order valence-electron chi connectivity index (χ1n) is 6.35. The van der Waals surface area contributed by atoms with Gasteiger partial charge in [-0.15, -0.1) is 12.3 Å². The Morgan fingerprint density at radius 1 is 1.63 bits per heavy atom. The molecule has 0 saturated heterocycles. The van der Waals surface area contributed by atoms with Crippen LogP contribution in [0.5, 0.6) is 5.75 Å². The number of aryl methyl sites for hydroxylation is 1. The number of rotatable bonds is 3. The number of anilines is 1. The molecule has 2 rings (SSSR count). The number of hydrogen-bond donors (Lipinski definition) is 1. The molecule has 0 bridgehead atoms. The first-order chi connectivity index (χ1) is 9.19. The first-order valence-corrected chi connectivity index (χ1v) is 6.35. The number of carbonyl (C=O) groups is 1. The van der Waals surface area contributed by atoms with Crippen molar-refractivity contribution in [3.8, 4) is 18.1 Å². The summed E-state index contributed by atoms with van der Waals surface area (Å²) in [6.07, 6.45) is 7.34. The van der Waals surface area contributed by atoms with Gasteiger partial charge in [0.25, 0.3) is 0 Å². The molecule has 0 saturated carbocycles. The Kier molecular flexibility index (Phi) is 4.08. The summed E-state index contributed by atoms with van der Waals surface area (Å²) in [7, 11) is 1.61. The van der Waals surface area contributed by atoms with Gasteiger partial charge in [0.1, 0.15) is 5.75 Å². The highest BCUT2D eigenvalue weighted by atomic mass is 16.5. The van der Waals surface area contributed by atoms with Gasteiger partial charge in [-0.1, -0.05) is 12.1 Å². The van der Waals surface area contributed by atoms with Gasteiger partial charge < -0.3 is 15.4 Å². The van der Waals surface area contributed by atoms with Gasteiger partial charge in [-0.25, -0.2) is 0 Å². The van der Waals surface area contributed by atoms with E-state index in [1.165, 1.54) is 0 Å². The molecule has 1 aliphatic rings. The predicted octanol–water partition coefficient (Wildman–Crippen LogP) is 1.32. The summed E-state index contributed by atoms with van der Waals surface area (Å²) in [6, 6.07) is 5.16. The van der Waals surface area contributed by atoms with Crippen molar-refractivity contribution in [2.24, 2.45) is 5.73 Å². The molecule has 1 amide bonds. The normalized spacial score (nSPS) is 15.3. The predicted molar refractivity (Wildman–Crippen MR) is 75.1 cm³/mol. The zero-order valence-electron chi connectivity index (χ0n) is 11.1. The van der Waals surface area contributed by atoms with E-state index in [9.17, 15) is 4.79 Å². The maximum absolute atomic E-state index is 12.4. The van der Waals surface area contributed by atoms with Crippen molar-refractivity contribution >= 4 is 11.6 Å². The molecule has 4 nitrogen and oxygen atoms in total. The quantitative estimate of drug-likeness (QED) is 0.832. The number of methoxy groups -OCH3 is 1. The molecule has 1 heterocycles. The molecule has 2 N–H and O–H groups in total. The maximum Gasteiger partial charge on any atom is 0.244 e. The van der Waals surface area contributed by atoms with Gasteiger partial charge in [0, 0.05) is 13.0 Å². The fourth-order valence-corrected chi connectivity index (χ4v) is 2.41. The number of fused-ring (bicyclic) bond motifs is 1. The highest BCUT2D eigenvalue weighted by Gasteiger charge is 2.28. The molecule has 0 spiro atoms. The van der Waals surface area contributed by atoms with Crippen LogP contribution in [0, 0.1) is 12.3 Å². The van der Waals surface area contributed by atoms with Crippen LogP contribution in [0.2, 0.25) is 0 Å². The first kappa shape index (κ1) is 13.4. The number of carbonyl (C=O) groups excluding carboxylic acids is 1. The third-order valence-corrected chi connectivity index (χ3v) is 3.32. The number of hydrogen-bond acceptors (Lipinski definition) is 3. The molecule has 1 unspecified atom stereocenters. The van der Waals surface area contributed by atoms with Gasteiger partial charge in [-0.2, -0.15) is 0 Å². The van der Waals surface area contributed by atoms with E-state index in [1.807, 2.05) is 18.2 Å². The second-order valence-electron chi connectivity index (χ2n) is 4.58. The number of amides is 1. The van der Waals surface area contributed by atoms with Crippen molar-refractivity contribution < 1.29 is 9.53 Å². The molecule has 0 aliphatic carbocycles. The van der Waals surface area contributed by atoms with E-state index in [-0.39, 0.29) is 12.3 Å². The molecule has 100 valence electrons. The maximum atomic E-state index is 12.4. The number of benzene rings is 1.